The minimum absolute atomic E-state index is 0.158. The van der Waals surface area contributed by atoms with E-state index in [9.17, 15) is 18.0 Å². The standard InChI is InChI=1S/C8H5F3N2O/c9-5-6(8(10)11)13-3-4(1-2-12)7(5)14/h3,8H,1H2,(H,13,14). The molecular formula is C8H5F3N2O. The molecule has 1 rings (SSSR count). The van der Waals surface area contributed by atoms with Crippen LogP contribution in [-0.2, 0) is 6.42 Å². The van der Waals surface area contributed by atoms with Crippen molar-refractivity contribution in [3.05, 3.63) is 33.5 Å². The minimum atomic E-state index is -3.07. The van der Waals surface area contributed by atoms with Crippen molar-refractivity contribution >= 4 is 0 Å². The maximum absolute atomic E-state index is 12.9. The number of aromatic amines is 1. The SMILES string of the molecule is N#CCc1c[nH]c(C(F)F)c(F)c1=O. The molecule has 0 aliphatic heterocycles. The van der Waals surface area contributed by atoms with Crippen molar-refractivity contribution < 1.29 is 13.2 Å². The van der Waals surface area contributed by atoms with E-state index in [0.29, 0.717) is 0 Å². The smallest absolute Gasteiger partial charge is 0.281 e. The van der Waals surface area contributed by atoms with Gasteiger partial charge in [-0.05, 0) is 0 Å². The van der Waals surface area contributed by atoms with Crippen LogP contribution in [0.15, 0.2) is 11.0 Å². The molecule has 0 aromatic carbocycles. The fraction of sp³-hybridized carbons (Fsp3) is 0.250. The minimum Gasteiger partial charge on any atom is -0.357 e. The van der Waals surface area contributed by atoms with E-state index in [-0.39, 0.29) is 12.0 Å². The highest BCUT2D eigenvalue weighted by atomic mass is 19.3. The van der Waals surface area contributed by atoms with Gasteiger partial charge in [-0.1, -0.05) is 0 Å². The summed E-state index contributed by atoms with van der Waals surface area (Å²) >= 11 is 0. The molecule has 0 atom stereocenters. The number of H-pyrrole nitrogens is 1. The fourth-order valence-electron chi connectivity index (χ4n) is 0.932. The van der Waals surface area contributed by atoms with Crippen LogP contribution in [-0.4, -0.2) is 4.98 Å². The Bertz CT molecular complexity index is 433. The first-order valence-corrected chi connectivity index (χ1v) is 3.63. The molecule has 0 saturated heterocycles. The van der Waals surface area contributed by atoms with Crippen LogP contribution in [0, 0.1) is 17.1 Å². The quantitative estimate of drug-likeness (QED) is 0.790. The zero-order valence-electron chi connectivity index (χ0n) is 6.85. The van der Waals surface area contributed by atoms with Crippen molar-refractivity contribution in [2.45, 2.75) is 12.8 Å². The molecule has 0 saturated carbocycles. The normalized spacial score (nSPS) is 10.2. The lowest BCUT2D eigenvalue weighted by Crippen LogP contribution is -2.17. The van der Waals surface area contributed by atoms with E-state index in [1.165, 1.54) is 0 Å². The summed E-state index contributed by atoms with van der Waals surface area (Å²) in [6.45, 7) is 0. The Kier molecular flexibility index (Phi) is 2.92. The van der Waals surface area contributed by atoms with Crippen molar-refractivity contribution in [2.24, 2.45) is 0 Å². The van der Waals surface area contributed by atoms with E-state index >= 15 is 0 Å². The maximum Gasteiger partial charge on any atom is 0.281 e. The topological polar surface area (TPSA) is 56.6 Å². The number of rotatable bonds is 2. The number of hydrogen-bond acceptors (Lipinski definition) is 2. The van der Waals surface area contributed by atoms with Crippen molar-refractivity contribution in [3.8, 4) is 6.07 Å². The van der Waals surface area contributed by atoms with Crippen LogP contribution in [0.4, 0.5) is 13.2 Å². The summed E-state index contributed by atoms with van der Waals surface area (Å²) < 4.78 is 37.0. The Morgan fingerprint density at radius 3 is 2.71 bits per heavy atom. The summed E-state index contributed by atoms with van der Waals surface area (Å²) in [5.41, 5.74) is -2.35. The molecule has 0 aliphatic carbocycles. The van der Waals surface area contributed by atoms with Crippen molar-refractivity contribution in [1.29, 1.82) is 5.26 Å². The fourth-order valence-corrected chi connectivity index (χ4v) is 0.932. The highest BCUT2D eigenvalue weighted by molar-refractivity contribution is 5.20. The van der Waals surface area contributed by atoms with Crippen LogP contribution in [0.25, 0.3) is 0 Å². The molecule has 0 bridgehead atoms. The molecule has 0 amide bonds. The zero-order chi connectivity index (χ0) is 10.7. The second-order valence-electron chi connectivity index (χ2n) is 2.51. The van der Waals surface area contributed by atoms with Gasteiger partial charge in [-0.25, -0.2) is 13.2 Å². The second kappa shape index (κ2) is 3.96. The number of nitrogens with one attached hydrogen (secondary N) is 1. The second-order valence-corrected chi connectivity index (χ2v) is 2.51. The number of nitrogens with zero attached hydrogens (tertiary/aromatic N) is 1. The molecule has 1 N–H and O–H groups in total. The van der Waals surface area contributed by atoms with Gasteiger partial charge in [0.2, 0.25) is 5.43 Å². The van der Waals surface area contributed by atoms with Gasteiger partial charge in [-0.15, -0.1) is 0 Å². The van der Waals surface area contributed by atoms with E-state index in [1.54, 1.807) is 6.07 Å². The molecule has 0 aliphatic rings. The number of halogens is 3. The average Bonchev–Trinajstić information content (AvgIpc) is 2.13. The Labute approximate surface area is 76.8 Å². The summed E-state index contributed by atoms with van der Waals surface area (Å²) in [5.74, 6) is -1.52. The van der Waals surface area contributed by atoms with Crippen LogP contribution >= 0.6 is 0 Å². The predicted octanol–water partition coefficient (Wildman–Crippen LogP) is 1.52. The Morgan fingerprint density at radius 2 is 2.21 bits per heavy atom. The Hall–Kier alpha value is -1.77. The highest BCUT2D eigenvalue weighted by Gasteiger charge is 2.18. The summed E-state index contributed by atoms with van der Waals surface area (Å²) in [6, 6.07) is 1.63. The third-order valence-corrected chi connectivity index (χ3v) is 1.62. The summed E-state index contributed by atoms with van der Waals surface area (Å²) in [5, 5.41) is 8.24. The molecule has 3 nitrogen and oxygen atoms in total. The van der Waals surface area contributed by atoms with Crippen LogP contribution in [0.1, 0.15) is 17.7 Å². The molecule has 1 aromatic rings. The Balaban J connectivity index is 3.28. The molecule has 0 unspecified atom stereocenters. The van der Waals surface area contributed by atoms with E-state index in [1.807, 2.05) is 4.98 Å². The van der Waals surface area contributed by atoms with Gasteiger partial charge in [0.1, 0.15) is 5.69 Å². The molecule has 14 heavy (non-hydrogen) atoms. The van der Waals surface area contributed by atoms with E-state index in [0.717, 1.165) is 6.20 Å². The first-order chi connectivity index (χ1) is 6.57. The molecular weight excluding hydrogens is 197 g/mol. The zero-order valence-corrected chi connectivity index (χ0v) is 6.85. The molecule has 0 spiro atoms. The van der Waals surface area contributed by atoms with Crippen LogP contribution in [0.3, 0.4) is 0 Å². The van der Waals surface area contributed by atoms with Crippen molar-refractivity contribution in [2.75, 3.05) is 0 Å². The van der Waals surface area contributed by atoms with Gasteiger partial charge in [0.05, 0.1) is 12.5 Å². The largest absolute Gasteiger partial charge is 0.357 e. The number of pyridine rings is 1. The summed E-state index contributed by atoms with van der Waals surface area (Å²) in [7, 11) is 0. The lowest BCUT2D eigenvalue weighted by Gasteiger charge is -2.02. The van der Waals surface area contributed by atoms with Crippen LogP contribution in [0.2, 0.25) is 0 Å². The van der Waals surface area contributed by atoms with E-state index in [4.69, 9.17) is 5.26 Å². The van der Waals surface area contributed by atoms with E-state index in [2.05, 4.69) is 0 Å². The van der Waals surface area contributed by atoms with Crippen LogP contribution < -0.4 is 5.43 Å². The Morgan fingerprint density at radius 1 is 1.57 bits per heavy atom. The third kappa shape index (κ3) is 1.76. The van der Waals surface area contributed by atoms with Gasteiger partial charge >= 0.3 is 0 Å². The number of hydrogen-bond donors (Lipinski definition) is 1. The molecule has 0 radical (unpaired) electrons. The molecule has 74 valence electrons. The molecule has 1 heterocycles. The van der Waals surface area contributed by atoms with Crippen molar-refractivity contribution in [1.82, 2.24) is 4.98 Å². The number of alkyl halides is 2. The van der Waals surface area contributed by atoms with Gasteiger partial charge in [0.15, 0.2) is 5.82 Å². The van der Waals surface area contributed by atoms with Gasteiger partial charge in [0, 0.05) is 11.8 Å². The van der Waals surface area contributed by atoms with Crippen molar-refractivity contribution in [3.63, 3.8) is 0 Å². The summed E-state index contributed by atoms with van der Waals surface area (Å²) in [6.07, 6.45) is -2.45. The van der Waals surface area contributed by atoms with Gasteiger partial charge in [-0.3, -0.25) is 4.79 Å². The monoisotopic (exact) mass is 202 g/mol. The van der Waals surface area contributed by atoms with Crippen LogP contribution in [0.5, 0.6) is 0 Å². The molecule has 1 aromatic heterocycles. The van der Waals surface area contributed by atoms with Gasteiger partial charge in [0.25, 0.3) is 6.43 Å². The summed E-state index contributed by atoms with van der Waals surface area (Å²) in [4.78, 5) is 13.0. The molecule has 6 heteroatoms. The highest BCUT2D eigenvalue weighted by Crippen LogP contribution is 2.17. The van der Waals surface area contributed by atoms with Gasteiger partial charge in [-0.2, -0.15) is 5.26 Å². The molecule has 0 fully saturated rings. The number of nitriles is 1. The van der Waals surface area contributed by atoms with Gasteiger partial charge < -0.3 is 4.98 Å². The first-order valence-electron chi connectivity index (χ1n) is 3.63. The maximum atomic E-state index is 12.9. The number of aromatic nitrogens is 1. The average molecular weight is 202 g/mol. The predicted molar refractivity (Wildman–Crippen MR) is 41.3 cm³/mol. The first kappa shape index (κ1) is 10.3. The lowest BCUT2D eigenvalue weighted by atomic mass is 10.2. The lowest BCUT2D eigenvalue weighted by molar-refractivity contribution is 0.140. The van der Waals surface area contributed by atoms with E-state index < -0.39 is 23.4 Å². The third-order valence-electron chi connectivity index (χ3n) is 1.62.